The van der Waals surface area contributed by atoms with E-state index in [9.17, 15) is 9.59 Å². The Labute approximate surface area is 144 Å². The van der Waals surface area contributed by atoms with Gasteiger partial charge in [0.05, 0.1) is 7.11 Å². The summed E-state index contributed by atoms with van der Waals surface area (Å²) in [5, 5.41) is 0.740. The molecule has 6 heteroatoms. The van der Waals surface area contributed by atoms with Crippen LogP contribution in [0, 0.1) is 6.92 Å². The average molecular weight is 338 g/mol. The van der Waals surface area contributed by atoms with Gasteiger partial charge in [-0.3, -0.25) is 4.79 Å². The maximum atomic E-state index is 12.0. The number of esters is 1. The van der Waals surface area contributed by atoms with E-state index in [1.54, 1.807) is 18.0 Å². The molecule has 6 nitrogen and oxygen atoms in total. The van der Waals surface area contributed by atoms with Gasteiger partial charge in [-0.2, -0.15) is 4.98 Å². The van der Waals surface area contributed by atoms with E-state index in [0.29, 0.717) is 5.82 Å². The lowest BCUT2D eigenvalue weighted by molar-refractivity contribution is -0.138. The molecule has 0 saturated carbocycles. The molecule has 0 radical (unpaired) electrons. The van der Waals surface area contributed by atoms with Crippen LogP contribution in [0.4, 0.5) is 5.82 Å². The van der Waals surface area contributed by atoms with Gasteiger partial charge in [0.1, 0.15) is 12.4 Å². The number of anilines is 1. The van der Waals surface area contributed by atoms with Crippen LogP contribution in [0.25, 0.3) is 22.2 Å². The van der Waals surface area contributed by atoms with Gasteiger partial charge in [-0.25, -0.2) is 4.79 Å². The third-order valence-electron chi connectivity index (χ3n) is 4.02. The first-order valence-corrected chi connectivity index (χ1v) is 7.78. The van der Waals surface area contributed by atoms with Gasteiger partial charge in [-0.15, -0.1) is 0 Å². The first-order chi connectivity index (χ1) is 12.0. The van der Waals surface area contributed by atoms with E-state index in [1.807, 2.05) is 37.3 Å². The molecule has 0 aliphatic carbocycles. The molecule has 0 atom stereocenters. The van der Waals surface area contributed by atoms with Crippen LogP contribution in [0.15, 0.2) is 51.7 Å². The monoisotopic (exact) mass is 338 g/mol. The Kier molecular flexibility index (Phi) is 4.52. The van der Waals surface area contributed by atoms with E-state index in [1.165, 1.54) is 13.2 Å². The molecule has 2 aromatic heterocycles. The molecule has 1 aromatic carbocycles. The maximum absolute atomic E-state index is 12.0. The van der Waals surface area contributed by atoms with Crippen LogP contribution >= 0.6 is 0 Å². The highest BCUT2D eigenvalue weighted by atomic mass is 16.5. The second kappa shape index (κ2) is 6.76. The van der Waals surface area contributed by atoms with Crippen molar-refractivity contribution in [1.82, 2.24) is 4.98 Å². The number of rotatable bonds is 4. The van der Waals surface area contributed by atoms with Crippen molar-refractivity contribution in [2.45, 2.75) is 6.92 Å². The van der Waals surface area contributed by atoms with E-state index in [2.05, 4.69) is 9.72 Å². The van der Waals surface area contributed by atoms with Crippen molar-refractivity contribution in [3.8, 4) is 11.1 Å². The van der Waals surface area contributed by atoms with Crippen LogP contribution < -0.4 is 10.5 Å². The molecular weight excluding hydrogens is 320 g/mol. The molecule has 3 aromatic rings. The van der Waals surface area contributed by atoms with Crippen molar-refractivity contribution < 1.29 is 13.9 Å². The number of likely N-dealkylation sites (N-methyl/N-ethyl adjacent to an activating group) is 1. The molecule has 0 fully saturated rings. The van der Waals surface area contributed by atoms with Crippen molar-refractivity contribution in [3.63, 3.8) is 0 Å². The summed E-state index contributed by atoms with van der Waals surface area (Å²) < 4.78 is 9.93. The van der Waals surface area contributed by atoms with Crippen LogP contribution in [0.3, 0.4) is 0 Å². The van der Waals surface area contributed by atoms with Gasteiger partial charge in [-0.1, -0.05) is 24.3 Å². The standard InChI is InChI=1S/C19H18N2O4/c1-12-6-4-5-7-13(12)15-10-17(22)25-19-14(15)8-9-16(20-19)21(2)11-18(23)24-3/h4-10H,11H2,1-3H3. The highest BCUT2D eigenvalue weighted by molar-refractivity contribution is 5.93. The predicted octanol–water partition coefficient (Wildman–Crippen LogP) is 2.77. The number of aromatic nitrogens is 1. The van der Waals surface area contributed by atoms with Crippen molar-refractivity contribution in [2.24, 2.45) is 0 Å². The number of fused-ring (bicyclic) bond motifs is 1. The maximum Gasteiger partial charge on any atom is 0.338 e. The number of carbonyl (C=O) groups excluding carboxylic acids is 1. The zero-order chi connectivity index (χ0) is 18.0. The first kappa shape index (κ1) is 16.7. The number of pyridine rings is 1. The second-order valence-corrected chi connectivity index (χ2v) is 5.75. The van der Waals surface area contributed by atoms with Gasteiger partial charge in [-0.05, 0) is 30.2 Å². The minimum Gasteiger partial charge on any atom is -0.468 e. The quantitative estimate of drug-likeness (QED) is 0.681. The lowest BCUT2D eigenvalue weighted by Crippen LogP contribution is -2.27. The Morgan fingerprint density at radius 2 is 1.96 bits per heavy atom. The number of benzene rings is 1. The summed E-state index contributed by atoms with van der Waals surface area (Å²) in [6.45, 7) is 2.04. The number of carbonyl (C=O) groups is 1. The van der Waals surface area contributed by atoms with Crippen LogP contribution in [0.5, 0.6) is 0 Å². The first-order valence-electron chi connectivity index (χ1n) is 7.78. The minimum absolute atomic E-state index is 0.0523. The Morgan fingerprint density at radius 1 is 1.20 bits per heavy atom. The Morgan fingerprint density at radius 3 is 2.68 bits per heavy atom. The summed E-state index contributed by atoms with van der Waals surface area (Å²) in [4.78, 5) is 29.4. The van der Waals surface area contributed by atoms with Gasteiger partial charge in [0.25, 0.3) is 0 Å². The molecule has 0 aliphatic rings. The summed E-state index contributed by atoms with van der Waals surface area (Å²) in [6.07, 6.45) is 0. The van der Waals surface area contributed by atoms with Crippen molar-refractivity contribution in [3.05, 3.63) is 58.4 Å². The molecule has 128 valence electrons. The van der Waals surface area contributed by atoms with Gasteiger partial charge in [0.2, 0.25) is 5.71 Å². The van der Waals surface area contributed by atoms with Crippen LogP contribution in [0.2, 0.25) is 0 Å². The molecule has 2 heterocycles. The minimum atomic E-state index is -0.467. The van der Waals surface area contributed by atoms with E-state index >= 15 is 0 Å². The number of ether oxygens (including phenoxy) is 1. The van der Waals surface area contributed by atoms with E-state index in [4.69, 9.17) is 4.42 Å². The second-order valence-electron chi connectivity index (χ2n) is 5.75. The van der Waals surface area contributed by atoms with Gasteiger partial charge in [0.15, 0.2) is 0 Å². The summed E-state index contributed by atoms with van der Waals surface area (Å²) in [7, 11) is 3.05. The highest BCUT2D eigenvalue weighted by Gasteiger charge is 2.14. The Balaban J connectivity index is 2.12. The van der Waals surface area contributed by atoms with Crippen molar-refractivity contribution >= 4 is 22.9 Å². The molecule has 3 rings (SSSR count). The molecule has 0 saturated heterocycles. The normalized spacial score (nSPS) is 10.7. The summed E-state index contributed by atoms with van der Waals surface area (Å²) in [5.74, 6) is 0.141. The largest absolute Gasteiger partial charge is 0.468 e. The number of hydrogen-bond donors (Lipinski definition) is 0. The van der Waals surface area contributed by atoms with E-state index in [-0.39, 0.29) is 18.2 Å². The molecule has 0 spiro atoms. The topological polar surface area (TPSA) is 72.6 Å². The predicted molar refractivity (Wildman–Crippen MR) is 95.7 cm³/mol. The average Bonchev–Trinajstić information content (AvgIpc) is 2.60. The van der Waals surface area contributed by atoms with Crippen molar-refractivity contribution in [2.75, 3.05) is 25.6 Å². The molecular formula is C19H18N2O4. The third kappa shape index (κ3) is 3.38. The number of hydrogen-bond acceptors (Lipinski definition) is 6. The zero-order valence-corrected chi connectivity index (χ0v) is 14.3. The molecule has 0 aliphatic heterocycles. The number of aryl methyl sites for hydroxylation is 1. The van der Waals surface area contributed by atoms with Gasteiger partial charge >= 0.3 is 11.6 Å². The summed E-state index contributed by atoms with van der Waals surface area (Å²) in [5.41, 5.74) is 2.56. The fraction of sp³-hybridized carbons (Fsp3) is 0.211. The zero-order valence-electron chi connectivity index (χ0n) is 14.3. The molecule has 0 bridgehead atoms. The lowest BCUT2D eigenvalue weighted by Gasteiger charge is -2.17. The van der Waals surface area contributed by atoms with E-state index in [0.717, 1.165) is 22.1 Å². The Hall–Kier alpha value is -3.15. The Bertz CT molecular complexity index is 994. The third-order valence-corrected chi connectivity index (χ3v) is 4.02. The number of methoxy groups -OCH3 is 1. The molecule has 25 heavy (non-hydrogen) atoms. The SMILES string of the molecule is COC(=O)CN(C)c1ccc2c(-c3ccccc3C)cc(=O)oc2n1. The van der Waals surface area contributed by atoms with E-state index < -0.39 is 5.63 Å². The van der Waals surface area contributed by atoms with Gasteiger partial charge < -0.3 is 14.1 Å². The van der Waals surface area contributed by atoms with Crippen LogP contribution in [-0.4, -0.2) is 31.7 Å². The lowest BCUT2D eigenvalue weighted by atomic mass is 9.99. The van der Waals surface area contributed by atoms with Gasteiger partial charge in [0, 0.05) is 24.1 Å². The number of nitrogens with zero attached hydrogens (tertiary/aromatic N) is 2. The smallest absolute Gasteiger partial charge is 0.338 e. The van der Waals surface area contributed by atoms with Crippen molar-refractivity contribution in [1.29, 1.82) is 0 Å². The summed E-state index contributed by atoms with van der Waals surface area (Å²) >= 11 is 0. The fourth-order valence-corrected chi connectivity index (χ4v) is 2.68. The molecule has 0 unspecified atom stereocenters. The van der Waals surface area contributed by atoms with Crippen LogP contribution in [0.1, 0.15) is 5.56 Å². The summed E-state index contributed by atoms with van der Waals surface area (Å²) in [6, 6.07) is 12.9. The fourth-order valence-electron chi connectivity index (χ4n) is 2.68. The van der Waals surface area contributed by atoms with Crippen LogP contribution in [-0.2, 0) is 9.53 Å². The molecule has 0 N–H and O–H groups in total. The molecule has 0 amide bonds. The highest BCUT2D eigenvalue weighted by Crippen LogP contribution is 2.29.